The number of amides is 1. The molecule has 1 amide bonds. The van der Waals surface area contributed by atoms with Crippen LogP contribution in [0.4, 0.5) is 13.2 Å². The van der Waals surface area contributed by atoms with Crippen molar-refractivity contribution in [3.63, 3.8) is 0 Å². The summed E-state index contributed by atoms with van der Waals surface area (Å²) in [6, 6.07) is 8.99. The van der Waals surface area contributed by atoms with Gasteiger partial charge in [-0.05, 0) is 5.56 Å². The van der Waals surface area contributed by atoms with Gasteiger partial charge in [0, 0.05) is 19.0 Å². The molecule has 1 N–H and O–H groups in total. The Labute approximate surface area is 135 Å². The summed E-state index contributed by atoms with van der Waals surface area (Å²) >= 11 is 0.498. The lowest BCUT2D eigenvalue weighted by Gasteiger charge is -2.16. The summed E-state index contributed by atoms with van der Waals surface area (Å²) in [5.74, 6) is -3.93. The van der Waals surface area contributed by atoms with Gasteiger partial charge in [-0.3, -0.25) is 9.59 Å². The molecule has 4 nitrogen and oxygen atoms in total. The third kappa shape index (κ3) is 4.89. The molecule has 2 rings (SSSR count). The summed E-state index contributed by atoms with van der Waals surface area (Å²) in [6.07, 6.45) is -4.31. The average molecular weight is 347 g/mol. The number of hydrogen-bond acceptors (Lipinski definition) is 3. The molecule has 1 aromatic carbocycles. The Balaban J connectivity index is 2.00. The summed E-state index contributed by atoms with van der Waals surface area (Å²) in [4.78, 5) is 24.8. The first-order valence-electron chi connectivity index (χ1n) is 6.98. The van der Waals surface area contributed by atoms with Crippen molar-refractivity contribution < 1.29 is 27.9 Å². The monoisotopic (exact) mass is 347 g/mol. The van der Waals surface area contributed by atoms with Crippen molar-refractivity contribution in [3.05, 3.63) is 35.9 Å². The molecule has 1 heterocycles. The largest absolute Gasteiger partial charge is 0.481 e. The molecular formula is C15H16F3NO3S. The van der Waals surface area contributed by atoms with Crippen LogP contribution in [0.25, 0.3) is 0 Å². The Hall–Kier alpha value is -1.70. The van der Waals surface area contributed by atoms with Gasteiger partial charge in [0.1, 0.15) is 0 Å². The van der Waals surface area contributed by atoms with E-state index in [9.17, 15) is 27.9 Å². The van der Waals surface area contributed by atoms with Crippen LogP contribution in [-0.2, 0) is 9.59 Å². The fourth-order valence-corrected chi connectivity index (χ4v) is 3.33. The van der Waals surface area contributed by atoms with Crippen molar-refractivity contribution in [2.24, 2.45) is 5.92 Å². The van der Waals surface area contributed by atoms with E-state index >= 15 is 0 Å². The SMILES string of the molecule is O=C(O)C1CN(C(=O)CSCC(F)(F)F)CC1c1ccccc1. The molecule has 0 aliphatic carbocycles. The lowest BCUT2D eigenvalue weighted by atomic mass is 9.89. The van der Waals surface area contributed by atoms with Crippen LogP contribution in [0.15, 0.2) is 30.3 Å². The van der Waals surface area contributed by atoms with E-state index in [1.165, 1.54) is 4.90 Å². The highest BCUT2D eigenvalue weighted by atomic mass is 32.2. The number of rotatable bonds is 5. The molecule has 0 aromatic heterocycles. The van der Waals surface area contributed by atoms with Crippen molar-refractivity contribution in [3.8, 4) is 0 Å². The van der Waals surface area contributed by atoms with Crippen LogP contribution < -0.4 is 0 Å². The molecule has 8 heteroatoms. The summed E-state index contributed by atoms with van der Waals surface area (Å²) in [5, 5.41) is 9.34. The number of thioether (sulfide) groups is 1. The van der Waals surface area contributed by atoms with Crippen molar-refractivity contribution in [1.29, 1.82) is 0 Å². The molecule has 2 unspecified atom stereocenters. The average Bonchev–Trinajstić information content (AvgIpc) is 2.92. The van der Waals surface area contributed by atoms with Gasteiger partial charge < -0.3 is 10.0 Å². The maximum atomic E-state index is 12.1. The van der Waals surface area contributed by atoms with Crippen LogP contribution in [0.3, 0.4) is 0 Å². The zero-order valence-corrected chi connectivity index (χ0v) is 12.9. The first kappa shape index (κ1) is 17.7. The second-order valence-electron chi connectivity index (χ2n) is 5.37. The van der Waals surface area contributed by atoms with E-state index in [-0.39, 0.29) is 24.8 Å². The number of carbonyl (C=O) groups excluding carboxylic acids is 1. The van der Waals surface area contributed by atoms with Gasteiger partial charge in [0.15, 0.2) is 0 Å². The van der Waals surface area contributed by atoms with Crippen LogP contribution in [0.1, 0.15) is 11.5 Å². The van der Waals surface area contributed by atoms with Gasteiger partial charge >= 0.3 is 12.1 Å². The Kier molecular flexibility index (Phi) is 5.56. The minimum Gasteiger partial charge on any atom is -0.481 e. The Morgan fingerprint density at radius 1 is 1.22 bits per heavy atom. The molecule has 1 aliphatic rings. The number of carbonyl (C=O) groups is 2. The zero-order valence-electron chi connectivity index (χ0n) is 12.1. The second kappa shape index (κ2) is 7.25. The van der Waals surface area contributed by atoms with Crippen molar-refractivity contribution in [1.82, 2.24) is 4.90 Å². The molecule has 0 radical (unpaired) electrons. The number of alkyl halides is 3. The van der Waals surface area contributed by atoms with Gasteiger partial charge in [0.2, 0.25) is 5.91 Å². The number of carboxylic acids is 1. The minimum atomic E-state index is -4.31. The highest BCUT2D eigenvalue weighted by Gasteiger charge is 2.40. The maximum Gasteiger partial charge on any atom is 0.397 e. The van der Waals surface area contributed by atoms with E-state index in [1.54, 1.807) is 24.3 Å². The van der Waals surface area contributed by atoms with Crippen LogP contribution >= 0.6 is 11.8 Å². The second-order valence-corrected chi connectivity index (χ2v) is 6.35. The smallest absolute Gasteiger partial charge is 0.397 e. The summed E-state index contributed by atoms with van der Waals surface area (Å²) in [5.41, 5.74) is 0.818. The number of likely N-dealkylation sites (tertiary alicyclic amines) is 1. The molecule has 1 aliphatic heterocycles. The minimum absolute atomic E-state index is 0.0281. The predicted octanol–water partition coefficient (Wildman–Crippen LogP) is 2.61. The van der Waals surface area contributed by atoms with E-state index in [1.807, 2.05) is 6.07 Å². The van der Waals surface area contributed by atoms with Gasteiger partial charge in [-0.25, -0.2) is 0 Å². The zero-order chi connectivity index (χ0) is 17.0. The first-order chi connectivity index (χ1) is 10.8. The normalized spacial score (nSPS) is 21.4. The van der Waals surface area contributed by atoms with E-state index in [4.69, 9.17) is 0 Å². The lowest BCUT2D eigenvalue weighted by molar-refractivity contribution is -0.141. The third-order valence-corrected chi connectivity index (χ3v) is 4.69. The van der Waals surface area contributed by atoms with Gasteiger partial charge in [0.25, 0.3) is 0 Å². The molecule has 23 heavy (non-hydrogen) atoms. The van der Waals surface area contributed by atoms with Crippen LogP contribution in [0, 0.1) is 5.92 Å². The maximum absolute atomic E-state index is 12.1. The Bertz CT molecular complexity index is 565. The summed E-state index contributed by atoms with van der Waals surface area (Å²) in [7, 11) is 0. The molecule has 0 bridgehead atoms. The standard InChI is InChI=1S/C15H16F3NO3S/c16-15(17,18)9-23-8-13(20)19-6-11(12(7-19)14(21)22)10-4-2-1-3-5-10/h1-5,11-12H,6-9H2,(H,21,22). The number of benzene rings is 1. The molecule has 1 fully saturated rings. The van der Waals surface area contributed by atoms with Crippen LogP contribution in [-0.4, -0.2) is 52.7 Å². The molecule has 1 saturated heterocycles. The molecule has 126 valence electrons. The summed E-state index contributed by atoms with van der Waals surface area (Å²) < 4.78 is 36.3. The first-order valence-corrected chi connectivity index (χ1v) is 8.13. The Morgan fingerprint density at radius 2 is 1.87 bits per heavy atom. The fourth-order valence-electron chi connectivity index (χ4n) is 2.64. The highest BCUT2D eigenvalue weighted by molar-refractivity contribution is 8.00. The molecule has 1 aromatic rings. The van der Waals surface area contributed by atoms with Gasteiger partial charge in [-0.15, -0.1) is 11.8 Å². The number of aliphatic carboxylic acids is 1. The van der Waals surface area contributed by atoms with E-state index < -0.39 is 29.7 Å². The van der Waals surface area contributed by atoms with E-state index in [0.29, 0.717) is 11.8 Å². The predicted molar refractivity (Wildman–Crippen MR) is 80.3 cm³/mol. The topological polar surface area (TPSA) is 57.6 Å². The van der Waals surface area contributed by atoms with Gasteiger partial charge in [-0.2, -0.15) is 13.2 Å². The highest BCUT2D eigenvalue weighted by Crippen LogP contribution is 2.33. The molecular weight excluding hydrogens is 331 g/mol. The Morgan fingerprint density at radius 3 is 2.43 bits per heavy atom. The quantitative estimate of drug-likeness (QED) is 0.890. The summed E-state index contributed by atoms with van der Waals surface area (Å²) in [6.45, 7) is 0.243. The van der Waals surface area contributed by atoms with Crippen LogP contribution in [0.2, 0.25) is 0 Å². The van der Waals surface area contributed by atoms with E-state index in [2.05, 4.69) is 0 Å². The third-order valence-electron chi connectivity index (χ3n) is 3.71. The van der Waals surface area contributed by atoms with Crippen molar-refractivity contribution >= 4 is 23.6 Å². The van der Waals surface area contributed by atoms with E-state index in [0.717, 1.165) is 5.56 Å². The number of hydrogen-bond donors (Lipinski definition) is 1. The molecule has 0 saturated carbocycles. The number of halogens is 3. The van der Waals surface area contributed by atoms with Crippen molar-refractivity contribution in [2.75, 3.05) is 24.6 Å². The number of nitrogens with zero attached hydrogens (tertiary/aromatic N) is 1. The number of carboxylic acid groups (broad SMARTS) is 1. The lowest BCUT2D eigenvalue weighted by Crippen LogP contribution is -2.31. The van der Waals surface area contributed by atoms with Crippen LogP contribution in [0.5, 0.6) is 0 Å². The molecule has 0 spiro atoms. The van der Waals surface area contributed by atoms with Crippen molar-refractivity contribution in [2.45, 2.75) is 12.1 Å². The molecule has 2 atom stereocenters. The van der Waals surface area contributed by atoms with Gasteiger partial charge in [0.05, 0.1) is 17.4 Å². The fraction of sp³-hybridized carbons (Fsp3) is 0.467. The van der Waals surface area contributed by atoms with Gasteiger partial charge in [-0.1, -0.05) is 30.3 Å².